The van der Waals surface area contributed by atoms with Crippen LogP contribution in [0.3, 0.4) is 0 Å². The Kier molecular flexibility index (Phi) is 7.01. The summed E-state index contributed by atoms with van der Waals surface area (Å²) in [5, 5.41) is 2.37. The van der Waals surface area contributed by atoms with Crippen molar-refractivity contribution in [2.45, 2.75) is 82.6 Å². The Morgan fingerprint density at radius 3 is 2.66 bits per heavy atom. The molecular formula is C30H37N5O3. The van der Waals surface area contributed by atoms with Crippen LogP contribution in [0.25, 0.3) is 11.3 Å². The van der Waals surface area contributed by atoms with Gasteiger partial charge in [0.15, 0.2) is 0 Å². The molecule has 4 aliphatic rings. The molecule has 3 amide bonds. The highest BCUT2D eigenvalue weighted by Crippen LogP contribution is 2.32. The first-order valence-corrected chi connectivity index (χ1v) is 14.1. The van der Waals surface area contributed by atoms with Crippen molar-refractivity contribution in [3.8, 4) is 11.3 Å². The molecule has 200 valence electrons. The topological polar surface area (TPSA) is 85.8 Å². The summed E-state index contributed by atoms with van der Waals surface area (Å²) in [4.78, 5) is 48.5. The number of amides is 3. The molecule has 6 rings (SSSR count). The number of piperidine rings is 2. The second-order valence-corrected chi connectivity index (χ2v) is 11.5. The zero-order valence-corrected chi connectivity index (χ0v) is 22.2. The average Bonchev–Trinajstić information content (AvgIpc) is 3.47. The number of benzene rings is 1. The molecule has 5 heterocycles. The van der Waals surface area contributed by atoms with Crippen molar-refractivity contribution >= 4 is 17.7 Å². The van der Waals surface area contributed by atoms with Crippen LogP contribution in [0.15, 0.2) is 36.5 Å². The van der Waals surface area contributed by atoms with E-state index in [-0.39, 0.29) is 24.1 Å². The van der Waals surface area contributed by atoms with Crippen molar-refractivity contribution in [1.29, 1.82) is 0 Å². The molecule has 2 aromatic rings. The number of nitrogens with one attached hydrogen (secondary N) is 1. The summed E-state index contributed by atoms with van der Waals surface area (Å²) < 4.78 is 0. The molecule has 1 N–H and O–H groups in total. The number of imide groups is 1. The van der Waals surface area contributed by atoms with Crippen LogP contribution >= 0.6 is 0 Å². The number of hydrogen-bond donors (Lipinski definition) is 1. The molecule has 38 heavy (non-hydrogen) atoms. The standard InChI is InChI=1S/C30H37N5O3/c1-33-13-4-6-23(33)17-24-5-2-3-14-34(24)18-20-11-12-31-26(15-20)21-7-8-25-22(16-21)19-35(30(25)38)27-9-10-28(36)32-29(27)37/h7-8,11-12,15-16,23-24,27H,2-6,9-10,13-14,17-19H2,1H3,(H,32,36,37)/t23-,24?,27?/m0/s1. The first-order valence-electron chi connectivity index (χ1n) is 14.1. The monoisotopic (exact) mass is 515 g/mol. The fourth-order valence-electron chi connectivity index (χ4n) is 6.83. The average molecular weight is 516 g/mol. The number of aromatic nitrogens is 1. The third-order valence-corrected chi connectivity index (χ3v) is 8.99. The van der Waals surface area contributed by atoms with Gasteiger partial charge in [0, 0.05) is 48.9 Å². The molecular weight excluding hydrogens is 478 g/mol. The molecule has 0 spiro atoms. The van der Waals surface area contributed by atoms with Crippen molar-refractivity contribution in [3.05, 3.63) is 53.2 Å². The van der Waals surface area contributed by atoms with E-state index in [1.807, 2.05) is 24.4 Å². The summed E-state index contributed by atoms with van der Waals surface area (Å²) in [7, 11) is 2.27. The summed E-state index contributed by atoms with van der Waals surface area (Å²) in [6, 6.07) is 10.9. The first-order chi connectivity index (χ1) is 18.5. The van der Waals surface area contributed by atoms with Gasteiger partial charge in [-0.3, -0.25) is 29.6 Å². The number of carbonyl (C=O) groups is 3. The Morgan fingerprint density at radius 2 is 1.84 bits per heavy atom. The first kappa shape index (κ1) is 25.2. The smallest absolute Gasteiger partial charge is 0.255 e. The molecule has 3 fully saturated rings. The van der Waals surface area contributed by atoms with E-state index in [0.29, 0.717) is 30.6 Å². The Balaban J connectivity index is 1.17. The van der Waals surface area contributed by atoms with E-state index in [1.54, 1.807) is 4.90 Å². The normalized spacial score (nSPS) is 26.6. The number of fused-ring (bicyclic) bond motifs is 1. The molecule has 3 atom stereocenters. The molecule has 4 aliphatic heterocycles. The van der Waals surface area contributed by atoms with Crippen molar-refractivity contribution in [3.63, 3.8) is 0 Å². The number of rotatable bonds is 6. The second-order valence-electron chi connectivity index (χ2n) is 11.5. The summed E-state index contributed by atoms with van der Waals surface area (Å²) >= 11 is 0. The summed E-state index contributed by atoms with van der Waals surface area (Å²) in [5.74, 6) is -0.801. The maximum atomic E-state index is 13.1. The lowest BCUT2D eigenvalue weighted by Gasteiger charge is -2.38. The maximum Gasteiger partial charge on any atom is 0.255 e. The highest BCUT2D eigenvalue weighted by atomic mass is 16.2. The maximum absolute atomic E-state index is 13.1. The Morgan fingerprint density at radius 1 is 0.974 bits per heavy atom. The van der Waals surface area contributed by atoms with Crippen LogP contribution in [0.2, 0.25) is 0 Å². The third-order valence-electron chi connectivity index (χ3n) is 8.99. The fourth-order valence-corrected chi connectivity index (χ4v) is 6.83. The molecule has 0 saturated carbocycles. The minimum Gasteiger partial charge on any atom is -0.322 e. The van der Waals surface area contributed by atoms with E-state index >= 15 is 0 Å². The van der Waals surface area contributed by atoms with Gasteiger partial charge in [-0.05, 0) is 94.1 Å². The quantitative estimate of drug-likeness (QED) is 0.594. The molecule has 8 nitrogen and oxygen atoms in total. The number of nitrogens with zero attached hydrogens (tertiary/aromatic N) is 4. The van der Waals surface area contributed by atoms with E-state index in [0.717, 1.165) is 29.9 Å². The summed E-state index contributed by atoms with van der Waals surface area (Å²) in [6.45, 7) is 3.68. The molecule has 3 saturated heterocycles. The van der Waals surface area contributed by atoms with E-state index in [4.69, 9.17) is 0 Å². The fraction of sp³-hybridized carbons (Fsp3) is 0.533. The summed E-state index contributed by atoms with van der Waals surface area (Å²) in [6.07, 6.45) is 10.3. The lowest BCUT2D eigenvalue weighted by atomic mass is 9.94. The molecule has 1 aromatic carbocycles. The Hall–Kier alpha value is -3.10. The van der Waals surface area contributed by atoms with Gasteiger partial charge in [0.05, 0.1) is 5.69 Å². The molecule has 0 aliphatic carbocycles. The zero-order chi connectivity index (χ0) is 26.2. The number of hydrogen-bond acceptors (Lipinski definition) is 6. The third kappa shape index (κ3) is 4.99. The van der Waals surface area contributed by atoms with Crippen molar-refractivity contribution in [2.75, 3.05) is 20.1 Å². The van der Waals surface area contributed by atoms with Crippen LogP contribution in [0.1, 0.15) is 72.9 Å². The lowest BCUT2D eigenvalue weighted by molar-refractivity contribution is -0.136. The second kappa shape index (κ2) is 10.6. The van der Waals surface area contributed by atoms with Crippen LogP contribution in [0.5, 0.6) is 0 Å². The van der Waals surface area contributed by atoms with Crippen LogP contribution in [-0.2, 0) is 22.7 Å². The van der Waals surface area contributed by atoms with Gasteiger partial charge in [-0.1, -0.05) is 12.5 Å². The SMILES string of the molecule is CN1CCC[C@H]1CC1CCCCN1Cc1ccnc(-c2ccc3c(c2)CN(C2CCC(=O)NC2=O)C3=O)c1. The summed E-state index contributed by atoms with van der Waals surface area (Å²) in [5.41, 5.74) is 4.68. The van der Waals surface area contributed by atoms with Gasteiger partial charge in [0.25, 0.3) is 5.91 Å². The Bertz CT molecular complexity index is 1250. The highest BCUT2D eigenvalue weighted by molar-refractivity contribution is 6.05. The van der Waals surface area contributed by atoms with Gasteiger partial charge in [-0.15, -0.1) is 0 Å². The van der Waals surface area contributed by atoms with Gasteiger partial charge in [0.1, 0.15) is 6.04 Å². The van der Waals surface area contributed by atoms with E-state index in [9.17, 15) is 14.4 Å². The van der Waals surface area contributed by atoms with Crippen molar-refractivity contribution in [1.82, 2.24) is 25.0 Å². The van der Waals surface area contributed by atoms with E-state index in [2.05, 4.69) is 39.3 Å². The molecule has 1 aromatic heterocycles. The molecule has 2 unspecified atom stereocenters. The van der Waals surface area contributed by atoms with Crippen molar-refractivity contribution < 1.29 is 14.4 Å². The van der Waals surface area contributed by atoms with Crippen LogP contribution in [-0.4, -0.2) is 75.7 Å². The van der Waals surface area contributed by atoms with Gasteiger partial charge in [-0.25, -0.2) is 0 Å². The Labute approximate surface area is 224 Å². The van der Waals surface area contributed by atoms with Crippen LogP contribution in [0.4, 0.5) is 0 Å². The molecule has 0 radical (unpaired) electrons. The van der Waals surface area contributed by atoms with Crippen molar-refractivity contribution in [2.24, 2.45) is 0 Å². The van der Waals surface area contributed by atoms with Gasteiger partial charge in [-0.2, -0.15) is 0 Å². The van der Waals surface area contributed by atoms with Gasteiger partial charge < -0.3 is 9.80 Å². The zero-order valence-electron chi connectivity index (χ0n) is 22.2. The number of pyridine rings is 1. The minimum atomic E-state index is -0.598. The highest BCUT2D eigenvalue weighted by Gasteiger charge is 2.39. The van der Waals surface area contributed by atoms with Crippen LogP contribution in [0, 0.1) is 0 Å². The number of likely N-dealkylation sites (tertiary alicyclic amines) is 2. The van der Waals surface area contributed by atoms with Gasteiger partial charge >= 0.3 is 0 Å². The van der Waals surface area contributed by atoms with Gasteiger partial charge in [0.2, 0.25) is 11.8 Å². The minimum absolute atomic E-state index is 0.146. The predicted molar refractivity (Wildman–Crippen MR) is 144 cm³/mol. The number of carbonyl (C=O) groups excluding carboxylic acids is 3. The predicted octanol–water partition coefficient (Wildman–Crippen LogP) is 3.35. The molecule has 0 bridgehead atoms. The van der Waals surface area contributed by atoms with Crippen LogP contribution < -0.4 is 5.32 Å². The lowest BCUT2D eigenvalue weighted by Crippen LogP contribution is -2.52. The molecule has 8 heteroatoms. The van der Waals surface area contributed by atoms with E-state index < -0.39 is 6.04 Å². The largest absolute Gasteiger partial charge is 0.322 e. The van der Waals surface area contributed by atoms with E-state index in [1.165, 1.54) is 50.6 Å².